The molecule has 0 saturated heterocycles. The van der Waals surface area contributed by atoms with Crippen LogP contribution >= 0.6 is 7.82 Å². The molecule has 0 N–H and O–H groups in total. The van der Waals surface area contributed by atoms with Gasteiger partial charge in [-0.2, -0.15) is 0 Å². The number of esters is 1. The molecule has 0 rings (SSSR count). The van der Waals surface area contributed by atoms with Gasteiger partial charge >= 0.3 is 5.97 Å². The summed E-state index contributed by atoms with van der Waals surface area (Å²) in [6, 6.07) is 0. The fourth-order valence-electron chi connectivity index (χ4n) is 7.25. The Morgan fingerprint density at radius 3 is 1.32 bits per heavy atom. The van der Waals surface area contributed by atoms with E-state index >= 15 is 0 Å². The molecule has 0 aromatic rings. The smallest absolute Gasteiger partial charge is 0.306 e. The minimum atomic E-state index is -4.53. The Balaban J connectivity index is 4.11. The molecule has 0 aromatic heterocycles. The Hall–Kier alpha value is -1.54. The molecule has 2 unspecified atom stereocenters. The van der Waals surface area contributed by atoms with Crippen molar-refractivity contribution in [3.8, 4) is 0 Å². The van der Waals surface area contributed by atoms with E-state index < -0.39 is 13.9 Å². The monoisotopic (exact) mass is 908 g/mol. The molecule has 8 nitrogen and oxygen atoms in total. The zero-order chi connectivity index (χ0) is 46.2. The third kappa shape index (κ3) is 51.3. The van der Waals surface area contributed by atoms with Crippen LogP contribution in [0.4, 0.5) is 0 Å². The normalized spacial score (nSPS) is 13.9. The lowest BCUT2D eigenvalue weighted by atomic mass is 10.0. The number of hydrogen-bond acceptors (Lipinski definition) is 7. The third-order valence-electron chi connectivity index (χ3n) is 11.4. The molecule has 0 aliphatic carbocycles. The molecule has 0 fully saturated rings. The van der Waals surface area contributed by atoms with Gasteiger partial charge in [0.15, 0.2) is 0 Å². The number of hydrogen-bond donors (Lipinski definition) is 0. The molecular weight excluding hydrogens is 806 g/mol. The summed E-state index contributed by atoms with van der Waals surface area (Å²) in [6.07, 6.45) is 58.5. The highest BCUT2D eigenvalue weighted by Crippen LogP contribution is 2.38. The number of phosphoric acid groups is 1. The maximum atomic E-state index is 12.7. The molecule has 0 amide bonds. The van der Waals surface area contributed by atoms with Gasteiger partial charge in [-0.3, -0.25) is 9.36 Å². The van der Waals surface area contributed by atoms with Crippen molar-refractivity contribution in [1.29, 1.82) is 0 Å². The van der Waals surface area contributed by atoms with E-state index in [1.54, 1.807) is 0 Å². The Morgan fingerprint density at radius 1 is 0.492 bits per heavy atom. The first-order valence-corrected chi connectivity index (χ1v) is 27.8. The summed E-state index contributed by atoms with van der Waals surface area (Å²) in [7, 11) is 1.35. The summed E-state index contributed by atoms with van der Waals surface area (Å²) < 4.78 is 34.8. The van der Waals surface area contributed by atoms with Crippen molar-refractivity contribution >= 4 is 13.8 Å². The van der Waals surface area contributed by atoms with Gasteiger partial charge in [0.25, 0.3) is 7.82 Å². The molecule has 9 heteroatoms. The molecule has 0 heterocycles. The predicted molar refractivity (Wildman–Crippen MR) is 268 cm³/mol. The lowest BCUT2D eigenvalue weighted by molar-refractivity contribution is -0.870. The number of likely N-dealkylation sites (N-methyl/N-ethyl adjacent to an activating group) is 1. The molecule has 0 aliphatic heterocycles. The van der Waals surface area contributed by atoms with Crippen LogP contribution in [-0.4, -0.2) is 70.7 Å². The average molecular weight is 908 g/mol. The van der Waals surface area contributed by atoms with E-state index in [1.165, 1.54) is 161 Å². The van der Waals surface area contributed by atoms with Crippen molar-refractivity contribution in [2.75, 3.05) is 54.1 Å². The average Bonchev–Trinajstić information content (AvgIpc) is 3.24. The van der Waals surface area contributed by atoms with E-state index in [4.69, 9.17) is 18.5 Å². The van der Waals surface area contributed by atoms with Crippen LogP contribution in [0.5, 0.6) is 0 Å². The molecule has 370 valence electrons. The number of unbranched alkanes of at least 4 members (excludes halogenated alkanes) is 27. The highest BCUT2D eigenvalue weighted by molar-refractivity contribution is 7.45. The Morgan fingerprint density at radius 2 is 0.873 bits per heavy atom. The zero-order valence-electron chi connectivity index (χ0n) is 42.0. The summed E-state index contributed by atoms with van der Waals surface area (Å²) in [4.78, 5) is 25.2. The topological polar surface area (TPSA) is 94.1 Å². The van der Waals surface area contributed by atoms with Crippen LogP contribution in [0.25, 0.3) is 0 Å². The first-order chi connectivity index (χ1) is 30.6. The van der Waals surface area contributed by atoms with Crippen molar-refractivity contribution < 1.29 is 37.3 Å². The molecule has 63 heavy (non-hydrogen) atoms. The number of ether oxygens (including phenoxy) is 2. The highest BCUT2D eigenvalue weighted by Gasteiger charge is 2.20. The maximum Gasteiger partial charge on any atom is 0.306 e. The quantitative estimate of drug-likeness (QED) is 0.0197. The summed E-state index contributed by atoms with van der Waals surface area (Å²) in [5.74, 6) is -0.341. The van der Waals surface area contributed by atoms with Gasteiger partial charge in [0.1, 0.15) is 19.3 Å². The second-order valence-corrected chi connectivity index (χ2v) is 20.3. The number of phosphoric ester groups is 1. The number of nitrogens with zero attached hydrogens (tertiary/aromatic N) is 1. The fraction of sp³-hybridized carbons (Fsp3) is 0.833. The van der Waals surface area contributed by atoms with Crippen LogP contribution in [0.3, 0.4) is 0 Å². The summed E-state index contributed by atoms with van der Waals surface area (Å²) in [5.41, 5.74) is 0. The largest absolute Gasteiger partial charge is 0.756 e. The molecule has 0 spiro atoms. The first kappa shape index (κ1) is 61.5. The third-order valence-corrected chi connectivity index (χ3v) is 12.3. The number of carbonyl (C=O) groups is 1. The van der Waals surface area contributed by atoms with Gasteiger partial charge in [-0.05, 0) is 77.0 Å². The SMILES string of the molecule is CCCCC/C=C\C/C=C\CCCCCCCCCC(=O)OC(COCCCCCCCCCCCCCC/C=C\C/C=C\CCCCCCC)COP(=O)([O-])OCC[N+](C)(C)C. The van der Waals surface area contributed by atoms with Gasteiger partial charge in [-0.15, -0.1) is 0 Å². The molecule has 2 atom stereocenters. The van der Waals surface area contributed by atoms with Gasteiger partial charge in [-0.25, -0.2) is 0 Å². The number of quaternary nitrogens is 1. The van der Waals surface area contributed by atoms with E-state index in [0.29, 0.717) is 24.1 Å². The summed E-state index contributed by atoms with van der Waals surface area (Å²) in [6.45, 7) is 5.39. The second kappa shape index (κ2) is 47.0. The van der Waals surface area contributed by atoms with Crippen molar-refractivity contribution in [3.63, 3.8) is 0 Å². The van der Waals surface area contributed by atoms with Gasteiger partial charge < -0.3 is 27.9 Å². The number of carbonyl (C=O) groups excluding carboxylic acids is 1. The Labute approximate surface area is 390 Å². The van der Waals surface area contributed by atoms with Crippen molar-refractivity contribution in [2.45, 2.75) is 238 Å². The molecular formula is C54H102NO7P. The van der Waals surface area contributed by atoms with E-state index in [2.05, 4.69) is 62.5 Å². The number of rotatable bonds is 49. The maximum absolute atomic E-state index is 12.7. The van der Waals surface area contributed by atoms with E-state index in [9.17, 15) is 14.3 Å². The van der Waals surface area contributed by atoms with Crippen LogP contribution in [0.15, 0.2) is 48.6 Å². The minimum absolute atomic E-state index is 0.0235. The second-order valence-electron chi connectivity index (χ2n) is 18.9. The van der Waals surface area contributed by atoms with E-state index in [-0.39, 0.29) is 25.8 Å². The molecule has 0 saturated carbocycles. The standard InChI is InChI=1S/C54H102NO7P/c1-6-8-10-12-14-16-18-20-22-24-25-26-27-28-29-30-32-34-36-38-40-42-44-46-49-59-51-53(52-61-63(57,58)60-50-48-55(3,4)5)62-54(56)47-45-43-41-39-37-35-33-31-23-21-19-17-15-13-11-9-7-2/h15,17-18,20-21,23-25,53H,6-14,16,19,22,26-52H2,1-5H3/b17-15-,20-18-,23-21-,25-24-. The summed E-state index contributed by atoms with van der Waals surface area (Å²) in [5, 5.41) is 0. The van der Waals surface area contributed by atoms with Gasteiger partial charge in [-0.1, -0.05) is 197 Å². The highest BCUT2D eigenvalue weighted by atomic mass is 31.2. The van der Waals surface area contributed by atoms with Crippen LogP contribution in [0, 0.1) is 0 Å². The van der Waals surface area contributed by atoms with Crippen LogP contribution in [0.2, 0.25) is 0 Å². The minimum Gasteiger partial charge on any atom is -0.756 e. The fourth-order valence-corrected chi connectivity index (χ4v) is 7.98. The Kier molecular flexibility index (Phi) is 45.8. The van der Waals surface area contributed by atoms with Crippen LogP contribution < -0.4 is 4.89 Å². The van der Waals surface area contributed by atoms with Crippen LogP contribution in [0.1, 0.15) is 232 Å². The van der Waals surface area contributed by atoms with Gasteiger partial charge in [0, 0.05) is 13.0 Å². The van der Waals surface area contributed by atoms with Crippen molar-refractivity contribution in [3.05, 3.63) is 48.6 Å². The number of allylic oxidation sites excluding steroid dienone is 8. The predicted octanol–water partition coefficient (Wildman–Crippen LogP) is 15.7. The molecule has 0 aromatic carbocycles. The van der Waals surface area contributed by atoms with Crippen LogP contribution in [-0.2, 0) is 27.9 Å². The lowest BCUT2D eigenvalue weighted by Crippen LogP contribution is -2.37. The van der Waals surface area contributed by atoms with Gasteiger partial charge in [0.05, 0.1) is 34.4 Å². The molecule has 0 radical (unpaired) electrons. The lowest BCUT2D eigenvalue weighted by Gasteiger charge is -2.28. The van der Waals surface area contributed by atoms with E-state index in [1.807, 2.05) is 21.1 Å². The first-order valence-electron chi connectivity index (χ1n) is 26.4. The Bertz CT molecular complexity index is 1150. The summed E-state index contributed by atoms with van der Waals surface area (Å²) >= 11 is 0. The zero-order valence-corrected chi connectivity index (χ0v) is 42.9. The van der Waals surface area contributed by atoms with Crippen molar-refractivity contribution in [2.24, 2.45) is 0 Å². The van der Waals surface area contributed by atoms with Gasteiger partial charge in [0.2, 0.25) is 0 Å². The van der Waals surface area contributed by atoms with E-state index in [0.717, 1.165) is 51.4 Å². The van der Waals surface area contributed by atoms with Crippen molar-refractivity contribution in [1.82, 2.24) is 0 Å². The molecule has 0 aliphatic rings. The molecule has 0 bridgehead atoms.